The Bertz CT molecular complexity index is 1450. The molecule has 1 amide bonds. The van der Waals surface area contributed by atoms with Crippen molar-refractivity contribution in [3.05, 3.63) is 97.8 Å². The molecule has 0 unspecified atom stereocenters. The minimum absolute atomic E-state index is 0.0997. The first-order valence-corrected chi connectivity index (χ1v) is 11.2. The number of rotatable bonds is 6. The van der Waals surface area contributed by atoms with Crippen molar-refractivity contribution >= 4 is 51.5 Å². The molecule has 0 spiro atoms. The number of thioether (sulfide) groups is 1. The monoisotopic (exact) mass is 480 g/mol. The van der Waals surface area contributed by atoms with Crippen LogP contribution >= 0.6 is 23.4 Å². The maximum atomic E-state index is 13.4. The van der Waals surface area contributed by atoms with Gasteiger partial charge in [0.05, 0.1) is 27.3 Å². The van der Waals surface area contributed by atoms with Crippen LogP contribution in [0.5, 0.6) is 0 Å². The number of carbonyl (C=O) groups excluding carboxylic acids is 1. The van der Waals surface area contributed by atoms with Crippen molar-refractivity contribution < 1.29 is 9.72 Å². The Hall–Kier alpha value is -3.69. The van der Waals surface area contributed by atoms with Gasteiger partial charge in [-0.05, 0) is 42.8 Å². The van der Waals surface area contributed by atoms with Crippen LogP contribution in [0.2, 0.25) is 5.02 Å². The third kappa shape index (κ3) is 4.74. The number of anilines is 1. The van der Waals surface area contributed by atoms with Crippen molar-refractivity contribution in [1.82, 2.24) is 9.55 Å². The van der Waals surface area contributed by atoms with E-state index in [1.807, 2.05) is 25.1 Å². The van der Waals surface area contributed by atoms with E-state index in [-0.39, 0.29) is 22.7 Å². The SMILES string of the molecule is Cc1ccccc1-n1c(SCC(=O)Nc2ccccc2[N+](=O)[O-])nc2cc(Cl)ccc2c1=O. The Kier molecular flexibility index (Phi) is 6.43. The second-order valence-corrected chi connectivity index (χ2v) is 8.47. The van der Waals surface area contributed by atoms with Gasteiger partial charge in [-0.15, -0.1) is 0 Å². The number of nitrogens with one attached hydrogen (secondary N) is 1. The summed E-state index contributed by atoms with van der Waals surface area (Å²) in [6, 6.07) is 18.1. The second-order valence-electron chi connectivity index (χ2n) is 7.09. The van der Waals surface area contributed by atoms with Crippen molar-refractivity contribution in [3.8, 4) is 5.69 Å². The fourth-order valence-corrected chi connectivity index (χ4v) is 4.29. The topological polar surface area (TPSA) is 107 Å². The van der Waals surface area contributed by atoms with E-state index in [0.29, 0.717) is 26.8 Å². The molecule has 0 aliphatic rings. The lowest BCUT2D eigenvalue weighted by Crippen LogP contribution is -2.23. The standard InChI is InChI=1S/C23H17ClN4O4S/c1-14-6-2-4-8-19(14)27-22(30)16-11-10-15(24)12-18(16)26-23(27)33-13-21(29)25-17-7-3-5-9-20(17)28(31)32/h2-12H,13H2,1H3,(H,25,29). The van der Waals surface area contributed by atoms with Gasteiger partial charge in [-0.3, -0.25) is 24.3 Å². The summed E-state index contributed by atoms with van der Waals surface area (Å²) in [6.45, 7) is 1.88. The van der Waals surface area contributed by atoms with Crippen LogP contribution in [-0.4, -0.2) is 26.1 Å². The highest BCUT2D eigenvalue weighted by molar-refractivity contribution is 7.99. The van der Waals surface area contributed by atoms with Gasteiger partial charge in [-0.1, -0.05) is 53.7 Å². The fourth-order valence-electron chi connectivity index (χ4n) is 3.32. The van der Waals surface area contributed by atoms with Gasteiger partial charge < -0.3 is 5.32 Å². The first-order valence-electron chi connectivity index (χ1n) is 9.79. The molecule has 8 nitrogen and oxygen atoms in total. The molecule has 0 saturated heterocycles. The van der Waals surface area contributed by atoms with Gasteiger partial charge in [-0.25, -0.2) is 4.98 Å². The summed E-state index contributed by atoms with van der Waals surface area (Å²) in [6.07, 6.45) is 0. The number of amides is 1. The predicted octanol–water partition coefficient (Wildman–Crippen LogP) is 4.99. The molecule has 1 N–H and O–H groups in total. The second kappa shape index (κ2) is 9.43. The smallest absolute Gasteiger partial charge is 0.292 e. The van der Waals surface area contributed by atoms with Crippen LogP contribution in [0.3, 0.4) is 0 Å². The molecular weight excluding hydrogens is 464 g/mol. The van der Waals surface area contributed by atoms with E-state index in [0.717, 1.165) is 17.3 Å². The first kappa shape index (κ1) is 22.5. The van der Waals surface area contributed by atoms with Gasteiger partial charge in [0, 0.05) is 11.1 Å². The summed E-state index contributed by atoms with van der Waals surface area (Å²) < 4.78 is 1.47. The third-order valence-corrected chi connectivity index (χ3v) is 6.04. The number of benzene rings is 3. The van der Waals surface area contributed by atoms with Crippen LogP contribution < -0.4 is 10.9 Å². The number of fused-ring (bicyclic) bond motifs is 1. The summed E-state index contributed by atoms with van der Waals surface area (Å²) in [4.78, 5) is 41.2. The summed E-state index contributed by atoms with van der Waals surface area (Å²) in [7, 11) is 0. The van der Waals surface area contributed by atoms with Gasteiger partial charge >= 0.3 is 0 Å². The highest BCUT2D eigenvalue weighted by Crippen LogP contribution is 2.26. The van der Waals surface area contributed by atoms with E-state index in [1.54, 1.807) is 30.3 Å². The maximum Gasteiger partial charge on any atom is 0.292 e. The Morgan fingerprint density at radius 2 is 1.88 bits per heavy atom. The van der Waals surface area contributed by atoms with Crippen LogP contribution in [0.4, 0.5) is 11.4 Å². The summed E-state index contributed by atoms with van der Waals surface area (Å²) in [5.41, 5.74) is 1.54. The molecular formula is C23H17ClN4O4S. The number of hydrogen-bond donors (Lipinski definition) is 1. The number of nitrogens with zero attached hydrogens (tertiary/aromatic N) is 3. The lowest BCUT2D eigenvalue weighted by molar-refractivity contribution is -0.383. The van der Waals surface area contributed by atoms with Crippen molar-refractivity contribution in [1.29, 1.82) is 0 Å². The minimum Gasteiger partial charge on any atom is -0.320 e. The van der Waals surface area contributed by atoms with Gasteiger partial charge in [0.15, 0.2) is 5.16 Å². The van der Waals surface area contributed by atoms with Crippen molar-refractivity contribution in [2.24, 2.45) is 0 Å². The number of nitro benzene ring substituents is 1. The number of halogens is 1. The Balaban J connectivity index is 1.71. The molecule has 0 bridgehead atoms. The van der Waals surface area contributed by atoms with Gasteiger partial charge in [0.25, 0.3) is 11.2 Å². The number of para-hydroxylation sites is 3. The molecule has 0 saturated carbocycles. The molecule has 0 aliphatic carbocycles. The molecule has 1 aromatic heterocycles. The van der Waals surface area contributed by atoms with Crippen molar-refractivity contribution in [2.75, 3.05) is 11.1 Å². The maximum absolute atomic E-state index is 13.4. The number of nitro groups is 1. The molecule has 33 heavy (non-hydrogen) atoms. The van der Waals surface area contributed by atoms with Crippen LogP contribution in [0.15, 0.2) is 76.7 Å². The summed E-state index contributed by atoms with van der Waals surface area (Å²) in [5.74, 6) is -0.581. The number of hydrogen-bond acceptors (Lipinski definition) is 6. The quantitative estimate of drug-likeness (QED) is 0.180. The number of aryl methyl sites for hydroxylation is 1. The van der Waals surface area contributed by atoms with Crippen molar-refractivity contribution in [3.63, 3.8) is 0 Å². The van der Waals surface area contributed by atoms with Crippen LogP contribution in [0, 0.1) is 17.0 Å². The molecule has 0 aliphatic heterocycles. The number of aromatic nitrogens is 2. The average Bonchev–Trinajstić information content (AvgIpc) is 2.78. The molecule has 10 heteroatoms. The van der Waals surface area contributed by atoms with E-state index >= 15 is 0 Å². The third-order valence-electron chi connectivity index (χ3n) is 4.86. The van der Waals surface area contributed by atoms with Gasteiger partial charge in [0.1, 0.15) is 5.69 Å². The van der Waals surface area contributed by atoms with E-state index in [9.17, 15) is 19.7 Å². The number of carbonyl (C=O) groups is 1. The molecule has 0 fully saturated rings. The van der Waals surface area contributed by atoms with Crippen molar-refractivity contribution in [2.45, 2.75) is 12.1 Å². The summed E-state index contributed by atoms with van der Waals surface area (Å²) in [5, 5.41) is 14.9. The lowest BCUT2D eigenvalue weighted by atomic mass is 10.2. The zero-order valence-electron chi connectivity index (χ0n) is 17.3. The molecule has 4 aromatic rings. The Morgan fingerprint density at radius 1 is 1.15 bits per heavy atom. The average molecular weight is 481 g/mol. The largest absolute Gasteiger partial charge is 0.320 e. The van der Waals surface area contributed by atoms with E-state index in [4.69, 9.17) is 11.6 Å². The first-order chi connectivity index (χ1) is 15.8. The van der Waals surface area contributed by atoms with Crippen LogP contribution in [-0.2, 0) is 4.79 Å². The molecule has 1 heterocycles. The van der Waals surface area contributed by atoms with E-state index in [2.05, 4.69) is 10.3 Å². The zero-order chi connectivity index (χ0) is 23.5. The van der Waals surface area contributed by atoms with Crippen LogP contribution in [0.1, 0.15) is 5.56 Å². The molecule has 166 valence electrons. The summed E-state index contributed by atoms with van der Waals surface area (Å²) >= 11 is 7.14. The molecule has 0 atom stereocenters. The van der Waals surface area contributed by atoms with Gasteiger partial charge in [0.2, 0.25) is 5.91 Å². The van der Waals surface area contributed by atoms with E-state index < -0.39 is 10.8 Å². The van der Waals surface area contributed by atoms with E-state index in [1.165, 1.54) is 22.8 Å². The van der Waals surface area contributed by atoms with Crippen LogP contribution in [0.25, 0.3) is 16.6 Å². The van der Waals surface area contributed by atoms with Gasteiger partial charge in [-0.2, -0.15) is 0 Å². The zero-order valence-corrected chi connectivity index (χ0v) is 18.9. The highest BCUT2D eigenvalue weighted by atomic mass is 35.5. The lowest BCUT2D eigenvalue weighted by Gasteiger charge is -2.15. The predicted molar refractivity (Wildman–Crippen MR) is 130 cm³/mol. The Morgan fingerprint density at radius 3 is 2.64 bits per heavy atom. The Labute approximate surface area is 197 Å². The minimum atomic E-state index is -0.562. The normalized spacial score (nSPS) is 10.8. The molecule has 3 aromatic carbocycles. The highest BCUT2D eigenvalue weighted by Gasteiger charge is 2.18. The molecule has 0 radical (unpaired) electrons. The molecule has 4 rings (SSSR count). The fraction of sp³-hybridized carbons (Fsp3) is 0.0870.